The minimum atomic E-state index is -4.73. The molecule has 5 rings (SSSR count). The van der Waals surface area contributed by atoms with Crippen molar-refractivity contribution in [1.29, 1.82) is 0 Å². The van der Waals surface area contributed by atoms with Crippen LogP contribution in [0.4, 0.5) is 18.9 Å². The van der Waals surface area contributed by atoms with Gasteiger partial charge in [0.1, 0.15) is 31.9 Å². The fourth-order valence-corrected chi connectivity index (χ4v) is 6.71. The Morgan fingerprint density at radius 1 is 0.875 bits per heavy atom. The number of nitrogens with zero attached hydrogens (tertiary/aromatic N) is 4. The average Bonchev–Trinajstić information content (AvgIpc) is 3.56. The van der Waals surface area contributed by atoms with Gasteiger partial charge in [-0.2, -0.15) is 30.7 Å². The average molecular weight is 652 g/mol. The second-order valence-corrected chi connectivity index (χ2v) is 12.8. The van der Waals surface area contributed by atoms with Crippen LogP contribution < -0.4 is 4.72 Å². The maximum atomic E-state index is 13.0. The van der Waals surface area contributed by atoms with Crippen LogP contribution in [-0.2, 0) is 30.0 Å². The van der Waals surface area contributed by atoms with E-state index < -0.39 is 42.5 Å². The molecule has 19 heteroatoms. The number of fused-ring (bicyclic) bond motifs is 2. The molecule has 1 N–H and O–H groups in total. The number of sulfonamides is 1. The minimum Gasteiger partial charge on any atom is -0.465 e. The van der Waals surface area contributed by atoms with Gasteiger partial charge in [0.05, 0.1) is 47.4 Å². The zero-order chi connectivity index (χ0) is 29.3. The highest BCUT2D eigenvalue weighted by atomic mass is 35.7. The number of carbonyl (C=O) groups excluding carboxylic acids is 1. The standard InChI is InChI=1S/C15H10F3N3O4S2.C6H3ClN2O2S2/c1-25-14(22)9-6-5-8(15(16,17)18)7-11(9)21-27(23,24)12-4-2-3-10-13(12)20-26-19-10;7-13(10,11)5-3-1-2-4-6(5)9-12-8-4/h2-7,21H,1H3;1-3H. The van der Waals surface area contributed by atoms with E-state index in [4.69, 9.17) is 10.7 Å². The molecule has 0 aliphatic rings. The van der Waals surface area contributed by atoms with Gasteiger partial charge in [-0.3, -0.25) is 4.72 Å². The van der Waals surface area contributed by atoms with Gasteiger partial charge in [0.15, 0.2) is 0 Å². The Labute approximate surface area is 236 Å². The summed E-state index contributed by atoms with van der Waals surface area (Å²) in [5.74, 6) is -0.991. The van der Waals surface area contributed by atoms with Crippen molar-refractivity contribution in [2.45, 2.75) is 16.0 Å². The minimum absolute atomic E-state index is 0.0143. The molecule has 0 bridgehead atoms. The lowest BCUT2D eigenvalue weighted by molar-refractivity contribution is -0.137. The molecule has 0 radical (unpaired) electrons. The number of aromatic nitrogens is 4. The lowest BCUT2D eigenvalue weighted by Crippen LogP contribution is -2.18. The van der Waals surface area contributed by atoms with Crippen molar-refractivity contribution in [2.75, 3.05) is 11.8 Å². The normalized spacial score (nSPS) is 12.1. The number of nitrogens with one attached hydrogen (secondary N) is 1. The lowest BCUT2D eigenvalue weighted by Gasteiger charge is -2.14. The van der Waals surface area contributed by atoms with Crippen LogP contribution in [0.25, 0.3) is 22.1 Å². The third-order valence-electron chi connectivity index (χ3n) is 5.05. The molecule has 0 fully saturated rings. The highest BCUT2D eigenvalue weighted by molar-refractivity contribution is 8.14. The van der Waals surface area contributed by atoms with E-state index >= 15 is 0 Å². The molecule has 0 amide bonds. The number of halogens is 4. The summed E-state index contributed by atoms with van der Waals surface area (Å²) < 4.78 is 109. The summed E-state index contributed by atoms with van der Waals surface area (Å²) in [6.07, 6.45) is -4.73. The highest BCUT2D eigenvalue weighted by Crippen LogP contribution is 2.34. The number of esters is 1. The molecule has 11 nitrogen and oxygen atoms in total. The predicted octanol–water partition coefficient (Wildman–Crippen LogP) is 4.92. The summed E-state index contributed by atoms with van der Waals surface area (Å²) in [6.45, 7) is 0. The summed E-state index contributed by atoms with van der Waals surface area (Å²) >= 11 is 1.75. The fourth-order valence-electron chi connectivity index (χ4n) is 3.27. The molecule has 2 heterocycles. The van der Waals surface area contributed by atoms with Crippen LogP contribution in [0.2, 0.25) is 0 Å². The number of carbonyl (C=O) groups is 1. The number of hydrogen-bond donors (Lipinski definition) is 1. The molecule has 0 spiro atoms. The van der Waals surface area contributed by atoms with Crippen LogP contribution in [0.5, 0.6) is 0 Å². The van der Waals surface area contributed by atoms with E-state index in [1.807, 2.05) is 4.72 Å². The topological polar surface area (TPSA) is 158 Å². The van der Waals surface area contributed by atoms with Crippen LogP contribution in [0.15, 0.2) is 64.4 Å². The van der Waals surface area contributed by atoms with Crippen molar-refractivity contribution >= 4 is 86.9 Å². The summed E-state index contributed by atoms with van der Waals surface area (Å²) in [6, 6.07) is 10.9. The molecule has 0 aliphatic heterocycles. The van der Waals surface area contributed by atoms with E-state index in [2.05, 4.69) is 22.2 Å². The number of alkyl halides is 3. The molecule has 3 aromatic carbocycles. The summed E-state index contributed by atoms with van der Waals surface area (Å²) in [5, 5.41) is 0. The lowest BCUT2D eigenvalue weighted by atomic mass is 10.1. The Bertz CT molecular complexity index is 1950. The monoisotopic (exact) mass is 651 g/mol. The van der Waals surface area contributed by atoms with Crippen LogP contribution in [0, 0.1) is 0 Å². The first-order valence-electron chi connectivity index (χ1n) is 10.4. The molecule has 0 atom stereocenters. The number of ether oxygens (including phenoxy) is 1. The van der Waals surface area contributed by atoms with E-state index in [1.54, 1.807) is 18.2 Å². The highest BCUT2D eigenvalue weighted by Gasteiger charge is 2.32. The van der Waals surface area contributed by atoms with Crippen molar-refractivity contribution in [3.63, 3.8) is 0 Å². The van der Waals surface area contributed by atoms with Crippen molar-refractivity contribution in [2.24, 2.45) is 0 Å². The van der Waals surface area contributed by atoms with Crippen molar-refractivity contribution in [1.82, 2.24) is 17.5 Å². The fraction of sp³-hybridized carbons (Fsp3) is 0.0952. The summed E-state index contributed by atoms with van der Waals surface area (Å²) in [7, 11) is -1.85. The van der Waals surface area contributed by atoms with Crippen LogP contribution in [-0.4, -0.2) is 47.4 Å². The molecule has 2 aromatic heterocycles. The third kappa shape index (κ3) is 6.30. The Kier molecular flexibility index (Phi) is 8.27. The molecular weight excluding hydrogens is 639 g/mol. The number of hydrogen-bond acceptors (Lipinski definition) is 12. The van der Waals surface area contributed by atoms with E-state index in [0.717, 1.165) is 36.6 Å². The first-order valence-corrected chi connectivity index (χ1v) is 15.7. The molecule has 40 heavy (non-hydrogen) atoms. The van der Waals surface area contributed by atoms with Gasteiger partial charge in [-0.05, 0) is 42.5 Å². The van der Waals surface area contributed by atoms with Crippen LogP contribution in [0.3, 0.4) is 0 Å². The van der Waals surface area contributed by atoms with Gasteiger partial charge in [-0.25, -0.2) is 21.6 Å². The Hall–Kier alpha value is -3.45. The second kappa shape index (κ2) is 11.2. The number of anilines is 1. The maximum Gasteiger partial charge on any atom is 0.416 e. The molecule has 5 aromatic rings. The van der Waals surface area contributed by atoms with E-state index in [0.29, 0.717) is 28.7 Å². The van der Waals surface area contributed by atoms with Crippen molar-refractivity contribution in [3.05, 3.63) is 65.7 Å². The molecule has 0 aliphatic carbocycles. The van der Waals surface area contributed by atoms with E-state index in [1.165, 1.54) is 18.2 Å². The summed E-state index contributed by atoms with van der Waals surface area (Å²) in [4.78, 5) is 11.6. The zero-order valence-corrected chi connectivity index (χ0v) is 23.6. The molecule has 210 valence electrons. The number of benzene rings is 3. The van der Waals surface area contributed by atoms with Gasteiger partial charge in [-0.15, -0.1) is 0 Å². The van der Waals surface area contributed by atoms with Gasteiger partial charge >= 0.3 is 12.1 Å². The number of methoxy groups -OCH3 is 1. The SMILES string of the molecule is COC(=O)c1ccc(C(F)(F)F)cc1NS(=O)(=O)c1cccc2nsnc12.O=S(=O)(Cl)c1cccc2nsnc12. The molecular formula is C21H13ClF3N5O6S4. The van der Waals surface area contributed by atoms with E-state index in [-0.39, 0.29) is 20.9 Å². The first-order chi connectivity index (χ1) is 18.7. The second-order valence-electron chi connectivity index (χ2n) is 7.57. The van der Waals surface area contributed by atoms with Crippen LogP contribution in [0.1, 0.15) is 15.9 Å². The smallest absolute Gasteiger partial charge is 0.416 e. The molecule has 0 unspecified atom stereocenters. The molecule has 0 saturated carbocycles. The quantitative estimate of drug-likeness (QED) is 0.204. The van der Waals surface area contributed by atoms with Crippen molar-refractivity contribution < 1.29 is 39.5 Å². The van der Waals surface area contributed by atoms with Crippen LogP contribution >= 0.6 is 34.1 Å². The van der Waals surface area contributed by atoms with Gasteiger partial charge < -0.3 is 4.74 Å². The Morgan fingerprint density at radius 3 is 1.95 bits per heavy atom. The number of rotatable bonds is 5. The van der Waals surface area contributed by atoms with Gasteiger partial charge in [0.25, 0.3) is 19.1 Å². The van der Waals surface area contributed by atoms with Gasteiger partial charge in [0, 0.05) is 10.7 Å². The largest absolute Gasteiger partial charge is 0.465 e. The predicted molar refractivity (Wildman–Crippen MR) is 141 cm³/mol. The maximum absolute atomic E-state index is 13.0. The van der Waals surface area contributed by atoms with Gasteiger partial charge in [-0.1, -0.05) is 12.1 Å². The molecule has 0 saturated heterocycles. The van der Waals surface area contributed by atoms with E-state index in [9.17, 15) is 34.8 Å². The Balaban J connectivity index is 0.000000236. The van der Waals surface area contributed by atoms with Crippen molar-refractivity contribution in [3.8, 4) is 0 Å². The summed E-state index contributed by atoms with van der Waals surface area (Å²) in [5.41, 5.74) is -0.771. The first kappa shape index (κ1) is 29.5. The van der Waals surface area contributed by atoms with Gasteiger partial charge in [0.2, 0.25) is 0 Å². The Morgan fingerprint density at radius 2 is 1.43 bits per heavy atom. The zero-order valence-electron chi connectivity index (χ0n) is 19.6. The third-order valence-corrected chi connectivity index (χ3v) is 8.88.